The summed E-state index contributed by atoms with van der Waals surface area (Å²) in [5.74, 6) is 0.467. The predicted molar refractivity (Wildman–Crippen MR) is 112 cm³/mol. The number of rotatable bonds is 4. The van der Waals surface area contributed by atoms with E-state index in [9.17, 15) is 13.2 Å². The minimum absolute atomic E-state index is 0.0927. The molecule has 1 heterocycles. The van der Waals surface area contributed by atoms with E-state index in [0.29, 0.717) is 11.4 Å². The molecule has 1 aliphatic rings. The highest BCUT2D eigenvalue weighted by atomic mass is 32.2. The SMILES string of the molecule is COc1cccc(N2C(=O)N(Cc3cccc(C)c3)c3ccccc3S2(=O)=O)c1. The minimum atomic E-state index is -4.06. The molecule has 0 spiro atoms. The van der Waals surface area contributed by atoms with E-state index in [4.69, 9.17) is 4.74 Å². The summed E-state index contributed by atoms with van der Waals surface area (Å²) in [6.07, 6.45) is 0. The third kappa shape index (κ3) is 3.34. The van der Waals surface area contributed by atoms with Gasteiger partial charge in [-0.2, -0.15) is 4.31 Å². The highest BCUT2D eigenvalue weighted by Gasteiger charge is 2.42. The number of aryl methyl sites for hydroxylation is 1. The first kappa shape index (κ1) is 19.0. The summed E-state index contributed by atoms with van der Waals surface area (Å²) in [4.78, 5) is 15.0. The average molecular weight is 408 g/mol. The van der Waals surface area contributed by atoms with Gasteiger partial charge < -0.3 is 4.74 Å². The highest BCUT2D eigenvalue weighted by Crippen LogP contribution is 2.38. The van der Waals surface area contributed by atoms with Gasteiger partial charge in [-0.25, -0.2) is 13.2 Å². The number of nitrogens with zero attached hydrogens (tertiary/aromatic N) is 2. The van der Waals surface area contributed by atoms with Gasteiger partial charge in [0.05, 0.1) is 25.0 Å². The number of anilines is 2. The zero-order valence-electron chi connectivity index (χ0n) is 16.1. The van der Waals surface area contributed by atoms with Crippen molar-refractivity contribution >= 4 is 27.4 Å². The van der Waals surface area contributed by atoms with Crippen molar-refractivity contribution in [3.05, 3.63) is 83.9 Å². The van der Waals surface area contributed by atoms with Crippen molar-refractivity contribution in [2.45, 2.75) is 18.4 Å². The lowest BCUT2D eigenvalue weighted by Crippen LogP contribution is -2.50. The third-order valence-corrected chi connectivity index (χ3v) is 6.54. The van der Waals surface area contributed by atoms with Crippen molar-refractivity contribution in [2.24, 2.45) is 0 Å². The van der Waals surface area contributed by atoms with E-state index in [2.05, 4.69) is 0 Å². The molecule has 7 heteroatoms. The number of urea groups is 1. The quantitative estimate of drug-likeness (QED) is 0.644. The van der Waals surface area contributed by atoms with Crippen LogP contribution in [0.5, 0.6) is 5.75 Å². The highest BCUT2D eigenvalue weighted by molar-refractivity contribution is 7.94. The van der Waals surface area contributed by atoms with Gasteiger partial charge in [-0.1, -0.05) is 48.0 Å². The number of amides is 2. The summed E-state index contributed by atoms with van der Waals surface area (Å²) < 4.78 is 32.7. The Labute approximate surface area is 170 Å². The van der Waals surface area contributed by atoms with E-state index < -0.39 is 16.1 Å². The summed E-state index contributed by atoms with van der Waals surface area (Å²) in [6, 6.07) is 20.2. The molecular weight excluding hydrogens is 388 g/mol. The van der Waals surface area contributed by atoms with Crippen molar-refractivity contribution in [1.29, 1.82) is 0 Å². The van der Waals surface area contributed by atoms with Crippen molar-refractivity contribution < 1.29 is 17.9 Å². The van der Waals surface area contributed by atoms with Crippen LogP contribution in [0.3, 0.4) is 0 Å². The number of para-hydroxylation sites is 1. The third-order valence-electron chi connectivity index (χ3n) is 4.79. The van der Waals surface area contributed by atoms with Gasteiger partial charge in [-0.3, -0.25) is 4.90 Å². The predicted octanol–water partition coefficient (Wildman–Crippen LogP) is 4.34. The van der Waals surface area contributed by atoms with Gasteiger partial charge in [0, 0.05) is 6.07 Å². The van der Waals surface area contributed by atoms with Gasteiger partial charge in [0.15, 0.2) is 0 Å². The van der Waals surface area contributed by atoms with Crippen LogP contribution >= 0.6 is 0 Å². The van der Waals surface area contributed by atoms with Crippen LogP contribution in [0, 0.1) is 6.92 Å². The van der Waals surface area contributed by atoms with E-state index >= 15 is 0 Å². The summed E-state index contributed by atoms with van der Waals surface area (Å²) in [5, 5.41) is 0. The van der Waals surface area contributed by atoms with Crippen LogP contribution in [0.15, 0.2) is 77.7 Å². The van der Waals surface area contributed by atoms with Crippen LogP contribution in [0.2, 0.25) is 0 Å². The Hall–Kier alpha value is -3.32. The molecule has 0 fully saturated rings. The molecule has 0 aliphatic carbocycles. The maximum Gasteiger partial charge on any atom is 0.343 e. The number of carbonyl (C=O) groups excluding carboxylic acids is 1. The van der Waals surface area contributed by atoms with Crippen molar-refractivity contribution in [3.8, 4) is 5.75 Å². The Balaban J connectivity index is 1.87. The molecule has 0 atom stereocenters. The van der Waals surface area contributed by atoms with Gasteiger partial charge in [0.2, 0.25) is 0 Å². The van der Waals surface area contributed by atoms with Crippen LogP contribution in [0.25, 0.3) is 0 Å². The molecule has 3 aromatic rings. The van der Waals surface area contributed by atoms with Crippen molar-refractivity contribution in [1.82, 2.24) is 0 Å². The second-order valence-electron chi connectivity index (χ2n) is 6.80. The Kier molecular flexibility index (Phi) is 4.76. The van der Waals surface area contributed by atoms with E-state index in [1.165, 1.54) is 24.1 Å². The van der Waals surface area contributed by atoms with E-state index in [1.54, 1.807) is 36.4 Å². The van der Waals surface area contributed by atoms with Gasteiger partial charge in [0.1, 0.15) is 10.6 Å². The number of methoxy groups -OCH3 is 1. The average Bonchev–Trinajstić information content (AvgIpc) is 2.71. The largest absolute Gasteiger partial charge is 0.497 e. The number of fused-ring (bicyclic) bond motifs is 1. The second kappa shape index (κ2) is 7.25. The standard InChI is InChI=1S/C22H20N2O4S/c1-16-7-5-8-17(13-16)15-23-20-11-3-4-12-21(20)29(26,27)24(22(23)25)18-9-6-10-19(14-18)28-2/h3-14H,15H2,1-2H3. The molecule has 148 valence electrons. The molecule has 29 heavy (non-hydrogen) atoms. The molecular formula is C22H20N2O4S. The van der Waals surface area contributed by atoms with Gasteiger partial charge in [-0.05, 0) is 36.8 Å². The summed E-state index contributed by atoms with van der Waals surface area (Å²) in [6.45, 7) is 2.23. The van der Waals surface area contributed by atoms with E-state index in [-0.39, 0.29) is 17.1 Å². The lowest BCUT2D eigenvalue weighted by atomic mass is 10.1. The zero-order chi connectivity index (χ0) is 20.6. The minimum Gasteiger partial charge on any atom is -0.497 e. The molecule has 0 unspecified atom stereocenters. The Bertz CT molecular complexity index is 1190. The van der Waals surface area contributed by atoms with E-state index in [1.807, 2.05) is 31.2 Å². The number of carbonyl (C=O) groups is 1. The summed E-state index contributed by atoms with van der Waals surface area (Å²) in [5.41, 5.74) is 2.59. The second-order valence-corrected chi connectivity index (χ2v) is 8.55. The lowest BCUT2D eigenvalue weighted by Gasteiger charge is -2.36. The first-order valence-electron chi connectivity index (χ1n) is 9.07. The number of ether oxygens (including phenoxy) is 1. The molecule has 0 saturated carbocycles. The number of hydrogen-bond donors (Lipinski definition) is 0. The van der Waals surface area contributed by atoms with Gasteiger partial charge in [-0.15, -0.1) is 0 Å². The molecule has 6 nitrogen and oxygen atoms in total. The van der Waals surface area contributed by atoms with Gasteiger partial charge in [0.25, 0.3) is 10.0 Å². The van der Waals surface area contributed by atoms with Crippen LogP contribution in [-0.2, 0) is 16.6 Å². The fourth-order valence-corrected chi connectivity index (χ4v) is 5.03. The molecule has 0 N–H and O–H groups in total. The Morgan fingerprint density at radius 1 is 0.931 bits per heavy atom. The molecule has 0 bridgehead atoms. The van der Waals surface area contributed by atoms with Crippen molar-refractivity contribution in [3.63, 3.8) is 0 Å². The van der Waals surface area contributed by atoms with Crippen molar-refractivity contribution in [2.75, 3.05) is 16.3 Å². The lowest BCUT2D eigenvalue weighted by molar-refractivity contribution is 0.253. The van der Waals surface area contributed by atoms with Crippen LogP contribution in [0.1, 0.15) is 11.1 Å². The normalized spacial score (nSPS) is 15.2. The number of hydrogen-bond acceptors (Lipinski definition) is 4. The monoisotopic (exact) mass is 408 g/mol. The molecule has 0 saturated heterocycles. The molecule has 3 aromatic carbocycles. The zero-order valence-corrected chi connectivity index (χ0v) is 16.9. The number of benzene rings is 3. The van der Waals surface area contributed by atoms with Crippen LogP contribution in [-0.4, -0.2) is 21.6 Å². The Morgan fingerprint density at radius 3 is 2.45 bits per heavy atom. The van der Waals surface area contributed by atoms with Crippen LogP contribution in [0.4, 0.5) is 16.2 Å². The first-order chi connectivity index (χ1) is 13.9. The maximum absolute atomic E-state index is 13.4. The fraction of sp³-hybridized carbons (Fsp3) is 0.136. The van der Waals surface area contributed by atoms with E-state index in [0.717, 1.165) is 15.4 Å². The molecule has 0 radical (unpaired) electrons. The molecule has 0 aromatic heterocycles. The molecule has 4 rings (SSSR count). The summed E-state index contributed by atoms with van der Waals surface area (Å²) in [7, 11) is -2.57. The van der Waals surface area contributed by atoms with Gasteiger partial charge >= 0.3 is 6.03 Å². The fourth-order valence-electron chi connectivity index (χ4n) is 3.44. The smallest absolute Gasteiger partial charge is 0.343 e. The number of sulfonamides is 1. The molecule has 2 amide bonds. The Morgan fingerprint density at radius 2 is 1.69 bits per heavy atom. The summed E-state index contributed by atoms with van der Waals surface area (Å²) >= 11 is 0. The first-order valence-corrected chi connectivity index (χ1v) is 10.5. The topological polar surface area (TPSA) is 66.9 Å². The van der Waals surface area contributed by atoms with Crippen LogP contribution < -0.4 is 13.9 Å². The maximum atomic E-state index is 13.4. The molecule has 1 aliphatic heterocycles.